The van der Waals surface area contributed by atoms with Gasteiger partial charge in [-0.25, -0.2) is 0 Å². The highest BCUT2D eigenvalue weighted by Gasteiger charge is 2.07. The van der Waals surface area contributed by atoms with E-state index in [0.29, 0.717) is 0 Å². The Hall–Kier alpha value is -0.210. The Morgan fingerprint density at radius 3 is 2.57 bits per heavy atom. The lowest BCUT2D eigenvalue weighted by Gasteiger charge is -2.23. The van der Waals surface area contributed by atoms with Gasteiger partial charge in [0.2, 0.25) is 0 Å². The number of hydrogen-bond acceptors (Lipinski definition) is 1. The Kier molecular flexibility index (Phi) is 4.76. The highest BCUT2D eigenvalue weighted by atomic mass is 79.9. The molecule has 0 aliphatic rings. The van der Waals surface area contributed by atoms with Crippen LogP contribution in [0, 0.1) is 0 Å². The molecule has 0 heterocycles. The smallest absolute Gasteiger partial charge is 0.0650 e. The van der Waals surface area contributed by atoms with E-state index in [1.807, 2.05) is 12.1 Å². The summed E-state index contributed by atoms with van der Waals surface area (Å²) in [7, 11) is 0. The van der Waals surface area contributed by atoms with Crippen LogP contribution in [0.3, 0.4) is 0 Å². The summed E-state index contributed by atoms with van der Waals surface area (Å²) in [5.41, 5.74) is 1.12. The molecule has 0 aliphatic carbocycles. The minimum absolute atomic E-state index is 0.815. The van der Waals surface area contributed by atoms with Gasteiger partial charge in [0.15, 0.2) is 0 Å². The SMILES string of the molecule is CCCN(CC)c1ccc(Br)cc1Cl. The molecule has 0 N–H and O–H groups in total. The topological polar surface area (TPSA) is 3.24 Å². The van der Waals surface area contributed by atoms with Gasteiger partial charge < -0.3 is 4.90 Å². The molecule has 0 spiro atoms. The van der Waals surface area contributed by atoms with Crippen molar-refractivity contribution < 1.29 is 0 Å². The van der Waals surface area contributed by atoms with E-state index in [2.05, 4.69) is 40.7 Å². The average molecular weight is 277 g/mol. The van der Waals surface area contributed by atoms with Gasteiger partial charge in [-0.3, -0.25) is 0 Å². The number of rotatable bonds is 4. The second kappa shape index (κ2) is 5.62. The summed E-state index contributed by atoms with van der Waals surface area (Å²) in [5, 5.41) is 0.815. The molecule has 0 saturated heterocycles. The summed E-state index contributed by atoms with van der Waals surface area (Å²) in [6.45, 7) is 6.37. The third kappa shape index (κ3) is 2.89. The largest absolute Gasteiger partial charge is 0.371 e. The highest BCUT2D eigenvalue weighted by molar-refractivity contribution is 9.10. The summed E-state index contributed by atoms with van der Waals surface area (Å²) in [6.07, 6.45) is 1.14. The van der Waals surface area contributed by atoms with Crippen molar-refractivity contribution in [2.24, 2.45) is 0 Å². The van der Waals surface area contributed by atoms with Gasteiger partial charge in [0.25, 0.3) is 0 Å². The monoisotopic (exact) mass is 275 g/mol. The Balaban J connectivity index is 2.92. The van der Waals surface area contributed by atoms with Crippen LogP contribution in [-0.2, 0) is 0 Å². The zero-order chi connectivity index (χ0) is 10.6. The second-order valence-electron chi connectivity index (χ2n) is 3.18. The molecule has 0 radical (unpaired) electrons. The maximum atomic E-state index is 6.17. The van der Waals surface area contributed by atoms with Gasteiger partial charge in [-0.1, -0.05) is 34.5 Å². The molecule has 1 aromatic rings. The van der Waals surface area contributed by atoms with E-state index in [-0.39, 0.29) is 0 Å². The van der Waals surface area contributed by atoms with Crippen LogP contribution < -0.4 is 4.90 Å². The highest BCUT2D eigenvalue weighted by Crippen LogP contribution is 2.28. The molecule has 0 bridgehead atoms. The predicted molar refractivity (Wildman–Crippen MR) is 67.3 cm³/mol. The molecule has 0 amide bonds. The van der Waals surface area contributed by atoms with E-state index in [1.165, 1.54) is 0 Å². The predicted octanol–water partition coefficient (Wildman–Crippen LogP) is 4.34. The van der Waals surface area contributed by atoms with E-state index >= 15 is 0 Å². The van der Waals surface area contributed by atoms with Crippen molar-refractivity contribution in [1.82, 2.24) is 0 Å². The normalized spacial score (nSPS) is 10.3. The summed E-state index contributed by atoms with van der Waals surface area (Å²) >= 11 is 9.57. The van der Waals surface area contributed by atoms with Crippen molar-refractivity contribution >= 4 is 33.2 Å². The van der Waals surface area contributed by atoms with Crippen LogP contribution >= 0.6 is 27.5 Å². The average Bonchev–Trinajstić information content (AvgIpc) is 2.15. The van der Waals surface area contributed by atoms with Crippen molar-refractivity contribution in [3.8, 4) is 0 Å². The van der Waals surface area contributed by atoms with Crippen molar-refractivity contribution in [2.45, 2.75) is 20.3 Å². The molecule has 3 heteroatoms. The molecule has 1 aromatic carbocycles. The lowest BCUT2D eigenvalue weighted by molar-refractivity contribution is 0.792. The van der Waals surface area contributed by atoms with Crippen LogP contribution in [0.5, 0.6) is 0 Å². The van der Waals surface area contributed by atoms with Crippen molar-refractivity contribution in [3.63, 3.8) is 0 Å². The molecule has 0 atom stereocenters. The Labute approximate surface area is 99.2 Å². The van der Waals surface area contributed by atoms with Gasteiger partial charge in [0.1, 0.15) is 0 Å². The number of anilines is 1. The first-order valence-corrected chi connectivity index (χ1v) is 6.06. The molecular weight excluding hydrogens is 261 g/mol. The standard InChI is InChI=1S/C11H15BrClN/c1-3-7-14(4-2)11-6-5-9(12)8-10(11)13/h5-6,8H,3-4,7H2,1-2H3. The summed E-state index contributed by atoms with van der Waals surface area (Å²) in [6, 6.07) is 6.03. The van der Waals surface area contributed by atoms with E-state index in [1.54, 1.807) is 0 Å². The van der Waals surface area contributed by atoms with Crippen LogP contribution in [0.25, 0.3) is 0 Å². The third-order valence-corrected chi connectivity index (χ3v) is 2.92. The quantitative estimate of drug-likeness (QED) is 0.791. The molecule has 0 unspecified atom stereocenters. The number of hydrogen-bond donors (Lipinski definition) is 0. The Morgan fingerprint density at radius 2 is 2.07 bits per heavy atom. The van der Waals surface area contributed by atoms with E-state index in [4.69, 9.17) is 11.6 Å². The van der Waals surface area contributed by atoms with Crippen LogP contribution in [0.1, 0.15) is 20.3 Å². The van der Waals surface area contributed by atoms with Crippen LogP contribution in [-0.4, -0.2) is 13.1 Å². The molecule has 14 heavy (non-hydrogen) atoms. The first-order chi connectivity index (χ1) is 6.69. The van der Waals surface area contributed by atoms with E-state index < -0.39 is 0 Å². The molecule has 0 fully saturated rings. The van der Waals surface area contributed by atoms with Gasteiger partial charge in [0.05, 0.1) is 10.7 Å². The van der Waals surface area contributed by atoms with Crippen molar-refractivity contribution in [1.29, 1.82) is 0 Å². The Bertz CT molecular complexity index is 301. The van der Waals surface area contributed by atoms with Gasteiger partial charge >= 0.3 is 0 Å². The van der Waals surface area contributed by atoms with Gasteiger partial charge in [-0.05, 0) is 31.5 Å². The van der Waals surface area contributed by atoms with Gasteiger partial charge in [-0.15, -0.1) is 0 Å². The molecule has 0 aliphatic heterocycles. The minimum Gasteiger partial charge on any atom is -0.371 e. The Morgan fingerprint density at radius 1 is 1.36 bits per heavy atom. The maximum Gasteiger partial charge on any atom is 0.0650 e. The van der Waals surface area contributed by atoms with Crippen molar-refractivity contribution in [3.05, 3.63) is 27.7 Å². The number of benzene rings is 1. The number of nitrogens with zero attached hydrogens (tertiary/aromatic N) is 1. The number of halogens is 2. The van der Waals surface area contributed by atoms with Gasteiger partial charge in [0, 0.05) is 17.6 Å². The first-order valence-electron chi connectivity index (χ1n) is 4.89. The van der Waals surface area contributed by atoms with E-state index in [9.17, 15) is 0 Å². The van der Waals surface area contributed by atoms with Crippen LogP contribution in [0.15, 0.2) is 22.7 Å². The minimum atomic E-state index is 0.815. The summed E-state index contributed by atoms with van der Waals surface area (Å²) < 4.78 is 1.03. The lowest BCUT2D eigenvalue weighted by Crippen LogP contribution is -2.23. The molecular formula is C11H15BrClN. The third-order valence-electron chi connectivity index (χ3n) is 2.13. The second-order valence-corrected chi connectivity index (χ2v) is 4.50. The van der Waals surface area contributed by atoms with Crippen LogP contribution in [0.4, 0.5) is 5.69 Å². The summed E-state index contributed by atoms with van der Waals surface area (Å²) in [4.78, 5) is 2.29. The molecule has 1 rings (SSSR count). The van der Waals surface area contributed by atoms with Gasteiger partial charge in [-0.2, -0.15) is 0 Å². The maximum absolute atomic E-state index is 6.17. The zero-order valence-corrected chi connectivity index (χ0v) is 10.9. The molecule has 78 valence electrons. The fraction of sp³-hybridized carbons (Fsp3) is 0.455. The fourth-order valence-electron chi connectivity index (χ4n) is 1.46. The molecule has 1 nitrogen and oxygen atoms in total. The lowest BCUT2D eigenvalue weighted by atomic mass is 10.2. The van der Waals surface area contributed by atoms with Crippen molar-refractivity contribution in [2.75, 3.05) is 18.0 Å². The fourth-order valence-corrected chi connectivity index (χ4v) is 2.25. The molecule has 0 saturated carbocycles. The zero-order valence-electron chi connectivity index (χ0n) is 8.56. The first kappa shape index (κ1) is 11.9. The molecule has 0 aromatic heterocycles. The van der Waals surface area contributed by atoms with Crippen LogP contribution in [0.2, 0.25) is 5.02 Å². The summed E-state index contributed by atoms with van der Waals surface area (Å²) in [5.74, 6) is 0. The van der Waals surface area contributed by atoms with E-state index in [0.717, 1.165) is 34.7 Å².